The number of hydrogen-bond donors (Lipinski definition) is 0. The first-order valence-corrected chi connectivity index (χ1v) is 8.18. The molecule has 1 aliphatic rings. The van der Waals surface area contributed by atoms with Crippen molar-refractivity contribution in [3.8, 4) is 0 Å². The van der Waals surface area contributed by atoms with Crippen LogP contribution in [0.15, 0.2) is 0 Å². The van der Waals surface area contributed by atoms with Crippen LogP contribution in [0, 0.1) is 0 Å². The van der Waals surface area contributed by atoms with Gasteiger partial charge in [-0.25, -0.2) is 8.42 Å². The van der Waals surface area contributed by atoms with E-state index >= 15 is 0 Å². The predicted octanol–water partition coefficient (Wildman–Crippen LogP) is 1.53. The van der Waals surface area contributed by atoms with E-state index in [1.807, 2.05) is 6.92 Å². The number of piperidine rings is 1. The van der Waals surface area contributed by atoms with Crippen LogP contribution in [0.3, 0.4) is 0 Å². The van der Waals surface area contributed by atoms with E-state index < -0.39 is 10.0 Å². The number of esters is 1. The summed E-state index contributed by atoms with van der Waals surface area (Å²) in [4.78, 5) is 11.0. The van der Waals surface area contributed by atoms with Crippen molar-refractivity contribution in [2.24, 2.45) is 0 Å². The van der Waals surface area contributed by atoms with Crippen LogP contribution in [0.4, 0.5) is 0 Å². The van der Waals surface area contributed by atoms with Crippen molar-refractivity contribution in [2.45, 2.75) is 51.5 Å². The standard InChI is InChI=1S/C12H23NO4S/c1-3-11-7-4-5-9-13(11)18(15,16)10-6-8-12(14)17-2/h11H,3-10H2,1-2H3. The topological polar surface area (TPSA) is 63.7 Å². The van der Waals surface area contributed by atoms with Gasteiger partial charge in [0.05, 0.1) is 12.9 Å². The maximum Gasteiger partial charge on any atom is 0.305 e. The third-order valence-corrected chi connectivity index (χ3v) is 5.41. The van der Waals surface area contributed by atoms with Crippen molar-refractivity contribution in [1.82, 2.24) is 4.31 Å². The lowest BCUT2D eigenvalue weighted by molar-refractivity contribution is -0.140. The Balaban J connectivity index is 2.53. The van der Waals surface area contributed by atoms with Gasteiger partial charge < -0.3 is 4.74 Å². The molecule has 18 heavy (non-hydrogen) atoms. The highest BCUT2D eigenvalue weighted by Crippen LogP contribution is 2.23. The molecule has 0 aromatic carbocycles. The second-order valence-electron chi connectivity index (χ2n) is 4.66. The van der Waals surface area contributed by atoms with Crippen LogP contribution < -0.4 is 0 Å². The summed E-state index contributed by atoms with van der Waals surface area (Å²) in [6, 6.07) is 0.141. The maximum absolute atomic E-state index is 12.2. The molecule has 0 aromatic rings. The molecule has 0 aliphatic carbocycles. The number of sulfonamides is 1. The third kappa shape index (κ3) is 4.24. The highest BCUT2D eigenvalue weighted by atomic mass is 32.2. The van der Waals surface area contributed by atoms with Gasteiger partial charge in [-0.1, -0.05) is 13.3 Å². The van der Waals surface area contributed by atoms with Crippen LogP contribution in [0.1, 0.15) is 45.4 Å². The Kier molecular flexibility index (Phi) is 6.08. The van der Waals surface area contributed by atoms with E-state index in [2.05, 4.69) is 4.74 Å². The average molecular weight is 277 g/mol. The first-order valence-electron chi connectivity index (χ1n) is 6.57. The van der Waals surface area contributed by atoms with E-state index in [-0.39, 0.29) is 24.2 Å². The normalized spacial score (nSPS) is 21.8. The Labute approximate surface area is 110 Å². The van der Waals surface area contributed by atoms with E-state index in [0.717, 1.165) is 25.7 Å². The number of carbonyl (C=O) groups excluding carboxylic acids is 1. The molecular formula is C12H23NO4S. The van der Waals surface area contributed by atoms with Gasteiger partial charge >= 0.3 is 5.97 Å². The smallest absolute Gasteiger partial charge is 0.305 e. The number of nitrogens with zero attached hydrogens (tertiary/aromatic N) is 1. The second kappa shape index (κ2) is 7.09. The van der Waals surface area contributed by atoms with Crippen molar-refractivity contribution < 1.29 is 17.9 Å². The van der Waals surface area contributed by atoms with Crippen molar-refractivity contribution in [3.05, 3.63) is 0 Å². The van der Waals surface area contributed by atoms with Gasteiger partial charge in [-0.15, -0.1) is 0 Å². The van der Waals surface area contributed by atoms with Crippen LogP contribution in [0.25, 0.3) is 0 Å². The van der Waals surface area contributed by atoms with E-state index in [1.54, 1.807) is 4.31 Å². The maximum atomic E-state index is 12.2. The van der Waals surface area contributed by atoms with Crippen molar-refractivity contribution in [1.29, 1.82) is 0 Å². The summed E-state index contributed by atoms with van der Waals surface area (Å²) in [5.74, 6) is -0.311. The lowest BCUT2D eigenvalue weighted by Crippen LogP contribution is -2.44. The molecule has 0 aromatic heterocycles. The van der Waals surface area contributed by atoms with Crippen LogP contribution in [-0.4, -0.2) is 44.1 Å². The van der Waals surface area contributed by atoms with E-state index in [9.17, 15) is 13.2 Å². The van der Waals surface area contributed by atoms with Gasteiger partial charge in [0.2, 0.25) is 10.0 Å². The molecule has 6 heteroatoms. The monoisotopic (exact) mass is 277 g/mol. The summed E-state index contributed by atoms with van der Waals surface area (Å²) >= 11 is 0. The van der Waals surface area contributed by atoms with Gasteiger partial charge in [0.1, 0.15) is 0 Å². The minimum atomic E-state index is -3.22. The van der Waals surface area contributed by atoms with Crippen LogP contribution >= 0.6 is 0 Å². The van der Waals surface area contributed by atoms with Crippen LogP contribution in [0.2, 0.25) is 0 Å². The Bertz CT molecular complexity index is 366. The number of methoxy groups -OCH3 is 1. The minimum Gasteiger partial charge on any atom is -0.469 e. The fourth-order valence-corrected chi connectivity index (χ4v) is 4.23. The molecule has 0 bridgehead atoms. The molecule has 1 rings (SSSR count). The zero-order valence-corrected chi connectivity index (χ0v) is 12.0. The fourth-order valence-electron chi connectivity index (χ4n) is 2.37. The second-order valence-corrected chi connectivity index (χ2v) is 6.71. The van der Waals surface area contributed by atoms with E-state index in [4.69, 9.17) is 0 Å². The van der Waals surface area contributed by atoms with Gasteiger partial charge in [-0.3, -0.25) is 4.79 Å². The van der Waals surface area contributed by atoms with Crippen molar-refractivity contribution >= 4 is 16.0 Å². The molecule has 0 N–H and O–H groups in total. The van der Waals surface area contributed by atoms with Gasteiger partial charge in [-0.05, 0) is 25.7 Å². The summed E-state index contributed by atoms with van der Waals surface area (Å²) in [5.41, 5.74) is 0. The number of hydrogen-bond acceptors (Lipinski definition) is 4. The lowest BCUT2D eigenvalue weighted by atomic mass is 10.0. The molecule has 106 valence electrons. The molecule has 1 aliphatic heterocycles. The summed E-state index contributed by atoms with van der Waals surface area (Å²) in [6.07, 6.45) is 4.35. The van der Waals surface area contributed by atoms with Crippen molar-refractivity contribution in [2.75, 3.05) is 19.4 Å². The average Bonchev–Trinajstić information content (AvgIpc) is 2.38. The molecule has 0 radical (unpaired) electrons. The van der Waals surface area contributed by atoms with Crippen LogP contribution in [-0.2, 0) is 19.6 Å². The van der Waals surface area contributed by atoms with Crippen LogP contribution in [0.5, 0.6) is 0 Å². The zero-order valence-electron chi connectivity index (χ0n) is 11.2. The molecule has 1 heterocycles. The lowest BCUT2D eigenvalue weighted by Gasteiger charge is -2.34. The quantitative estimate of drug-likeness (QED) is 0.691. The predicted molar refractivity (Wildman–Crippen MR) is 69.7 cm³/mol. The molecule has 1 atom stereocenters. The van der Waals surface area contributed by atoms with Gasteiger partial charge in [0.25, 0.3) is 0 Å². The summed E-state index contributed by atoms with van der Waals surface area (Å²) in [5, 5.41) is 0. The third-order valence-electron chi connectivity index (χ3n) is 3.41. The fraction of sp³-hybridized carbons (Fsp3) is 0.917. The first-order chi connectivity index (χ1) is 8.51. The molecule has 0 spiro atoms. The Morgan fingerprint density at radius 2 is 2.11 bits per heavy atom. The highest BCUT2D eigenvalue weighted by molar-refractivity contribution is 7.89. The first kappa shape index (κ1) is 15.4. The summed E-state index contributed by atoms with van der Waals surface area (Å²) in [6.45, 7) is 2.64. The molecule has 1 fully saturated rings. The SMILES string of the molecule is CCC1CCCCN1S(=O)(=O)CCCC(=O)OC. The number of rotatable bonds is 6. The van der Waals surface area contributed by atoms with E-state index in [1.165, 1.54) is 7.11 Å². The summed E-state index contributed by atoms with van der Waals surface area (Å²) < 4.78 is 30.5. The Morgan fingerprint density at radius 3 is 2.72 bits per heavy atom. The number of ether oxygens (including phenoxy) is 1. The molecule has 1 saturated heterocycles. The highest BCUT2D eigenvalue weighted by Gasteiger charge is 2.30. The Morgan fingerprint density at radius 1 is 1.39 bits per heavy atom. The summed E-state index contributed by atoms with van der Waals surface area (Å²) in [7, 11) is -1.91. The van der Waals surface area contributed by atoms with Crippen molar-refractivity contribution in [3.63, 3.8) is 0 Å². The Hall–Kier alpha value is -0.620. The molecule has 0 saturated carbocycles. The van der Waals surface area contributed by atoms with Gasteiger partial charge in [0.15, 0.2) is 0 Å². The van der Waals surface area contributed by atoms with Gasteiger partial charge in [-0.2, -0.15) is 4.31 Å². The number of carbonyl (C=O) groups is 1. The molecular weight excluding hydrogens is 254 g/mol. The molecule has 0 amide bonds. The van der Waals surface area contributed by atoms with E-state index in [0.29, 0.717) is 13.0 Å². The largest absolute Gasteiger partial charge is 0.469 e. The minimum absolute atomic E-state index is 0.0403. The molecule has 5 nitrogen and oxygen atoms in total. The molecule has 1 unspecified atom stereocenters. The zero-order chi connectivity index (χ0) is 13.6. The van der Waals surface area contributed by atoms with Gasteiger partial charge in [0, 0.05) is 19.0 Å².